The van der Waals surface area contributed by atoms with Gasteiger partial charge in [0.1, 0.15) is 0 Å². The van der Waals surface area contributed by atoms with Crippen molar-refractivity contribution in [1.29, 1.82) is 0 Å². The predicted octanol–water partition coefficient (Wildman–Crippen LogP) is 6.17. The highest BCUT2D eigenvalue weighted by atomic mass is 19.4. The van der Waals surface area contributed by atoms with Crippen molar-refractivity contribution in [2.75, 3.05) is 24.5 Å². The molecule has 2 aromatic heterocycles. The monoisotopic (exact) mass is 812 g/mol. The summed E-state index contributed by atoms with van der Waals surface area (Å²) in [5, 5.41) is 28.5. The van der Waals surface area contributed by atoms with E-state index in [2.05, 4.69) is 63.3 Å². The minimum absolute atomic E-state index is 0.146. The van der Waals surface area contributed by atoms with Crippen LogP contribution in [-0.2, 0) is 37.7 Å². The van der Waals surface area contributed by atoms with E-state index in [-0.39, 0.29) is 5.41 Å². The molecule has 2 aliphatic heterocycles. The summed E-state index contributed by atoms with van der Waals surface area (Å²) in [6, 6.07) is 19.2. The molecule has 12 nitrogen and oxygen atoms in total. The van der Waals surface area contributed by atoms with Crippen LogP contribution < -0.4 is 4.90 Å². The van der Waals surface area contributed by atoms with Gasteiger partial charge in [-0.3, -0.25) is 14.9 Å². The van der Waals surface area contributed by atoms with E-state index in [4.69, 9.17) is 44.6 Å². The fourth-order valence-electron chi connectivity index (χ4n) is 4.70. The van der Waals surface area contributed by atoms with Crippen LogP contribution in [0.4, 0.5) is 58.4 Å². The summed E-state index contributed by atoms with van der Waals surface area (Å²) in [7, 11) is 0. The lowest BCUT2D eigenvalue weighted by Crippen LogP contribution is -2.36. The molecule has 1 saturated heterocycles. The van der Waals surface area contributed by atoms with Gasteiger partial charge in [-0.1, -0.05) is 36.4 Å². The number of rotatable bonds is 4. The average Bonchev–Trinajstić information content (AvgIpc) is 3.61. The van der Waals surface area contributed by atoms with Crippen LogP contribution in [0.5, 0.6) is 0 Å². The summed E-state index contributed by atoms with van der Waals surface area (Å²) in [6.07, 6.45) is -13.4. The van der Waals surface area contributed by atoms with Gasteiger partial charge in [0.15, 0.2) is 0 Å². The molecule has 3 aromatic rings. The molecule has 5 rings (SSSR count). The zero-order valence-electron chi connectivity index (χ0n) is 27.4. The van der Waals surface area contributed by atoms with Gasteiger partial charge in [0.05, 0.1) is 11.4 Å². The molecule has 0 saturated carbocycles. The van der Waals surface area contributed by atoms with Gasteiger partial charge in [0.2, 0.25) is 0 Å². The van der Waals surface area contributed by atoms with Crippen molar-refractivity contribution in [3.8, 4) is 0 Å². The number of nitrogens with zero attached hydrogens (tertiary/aromatic N) is 4. The second kappa shape index (κ2) is 19.6. The zero-order valence-corrected chi connectivity index (χ0v) is 27.4. The summed E-state index contributed by atoms with van der Waals surface area (Å²) in [5.41, 5.74) is 5.39. The molecule has 2 aliphatic rings. The Morgan fingerprint density at radius 3 is 1.45 bits per heavy atom. The number of aromatic nitrogens is 2. The van der Waals surface area contributed by atoms with Crippen molar-refractivity contribution in [3.05, 3.63) is 90.0 Å². The van der Waals surface area contributed by atoms with Gasteiger partial charge in [0.25, 0.3) is 0 Å². The van der Waals surface area contributed by atoms with Crippen LogP contribution in [0, 0.1) is 0 Å². The minimum Gasteiger partial charge on any atom is -0.475 e. The molecule has 24 heteroatoms. The number of carboxylic acids is 4. The van der Waals surface area contributed by atoms with Crippen LogP contribution in [-0.4, -0.2) is 104 Å². The van der Waals surface area contributed by atoms with E-state index >= 15 is 0 Å². The number of carbonyl (C=O) groups is 4. The SMILES string of the molecule is O=C(O)C(F)(F)F.O=C(O)C(F)(F)F.O=C(O)C(F)(F)F.O=C(O)C(F)(F)F.c1ccc(CN2CC3(CCN(Cc4cccnc4)C3)c3ncccc32)cc1. The molecule has 0 radical (unpaired) electrons. The number of alkyl halides is 12. The molecule has 1 aromatic carbocycles. The van der Waals surface area contributed by atoms with E-state index in [1.165, 1.54) is 28.9 Å². The molecule has 0 amide bonds. The fourth-order valence-corrected chi connectivity index (χ4v) is 4.70. The molecule has 1 spiro atoms. The lowest BCUT2D eigenvalue weighted by Gasteiger charge is -2.26. The van der Waals surface area contributed by atoms with Gasteiger partial charge in [0, 0.05) is 50.2 Å². The van der Waals surface area contributed by atoms with Crippen molar-refractivity contribution in [3.63, 3.8) is 0 Å². The van der Waals surface area contributed by atoms with Crippen LogP contribution >= 0.6 is 0 Å². The van der Waals surface area contributed by atoms with Crippen LogP contribution in [0.1, 0.15) is 23.2 Å². The maximum absolute atomic E-state index is 10.6. The molecule has 304 valence electrons. The largest absolute Gasteiger partial charge is 0.490 e. The quantitative estimate of drug-likeness (QED) is 0.220. The second-order valence-electron chi connectivity index (χ2n) is 11.0. The first-order valence-electron chi connectivity index (χ1n) is 14.7. The first-order chi connectivity index (χ1) is 25.1. The maximum atomic E-state index is 10.6. The van der Waals surface area contributed by atoms with E-state index < -0.39 is 48.6 Å². The third-order valence-electron chi connectivity index (χ3n) is 6.87. The van der Waals surface area contributed by atoms with E-state index in [1.54, 1.807) is 0 Å². The van der Waals surface area contributed by atoms with Crippen molar-refractivity contribution in [2.24, 2.45) is 0 Å². The molecule has 1 atom stereocenters. The number of hydrogen-bond donors (Lipinski definition) is 4. The molecule has 0 aliphatic carbocycles. The normalized spacial score (nSPS) is 16.4. The summed E-state index contributed by atoms with van der Waals surface area (Å²) < 4.78 is 127. The lowest BCUT2D eigenvalue weighted by atomic mass is 9.85. The number of benzene rings is 1. The Bertz CT molecular complexity index is 1610. The number of hydrogen-bond acceptors (Lipinski definition) is 8. The highest BCUT2D eigenvalue weighted by molar-refractivity contribution is 5.74. The zero-order chi connectivity index (χ0) is 42.4. The summed E-state index contributed by atoms with van der Waals surface area (Å²) in [4.78, 5) is 49.8. The Balaban J connectivity index is 0.000000442. The highest BCUT2D eigenvalue weighted by Gasteiger charge is 2.48. The second-order valence-corrected chi connectivity index (χ2v) is 11.0. The average molecular weight is 813 g/mol. The Kier molecular flexibility index (Phi) is 16.9. The molecular weight excluding hydrogens is 784 g/mol. The van der Waals surface area contributed by atoms with Gasteiger partial charge in [-0.15, -0.1) is 0 Å². The Hall–Kier alpha value is -5.68. The molecule has 1 unspecified atom stereocenters. The molecule has 4 N–H and O–H groups in total. The smallest absolute Gasteiger partial charge is 0.475 e. The number of pyridine rings is 2. The predicted molar refractivity (Wildman–Crippen MR) is 162 cm³/mol. The molecule has 1 fully saturated rings. The molecular formula is C31H28F12N4O8. The maximum Gasteiger partial charge on any atom is 0.490 e. The van der Waals surface area contributed by atoms with Gasteiger partial charge in [-0.2, -0.15) is 52.7 Å². The van der Waals surface area contributed by atoms with Crippen molar-refractivity contribution < 1.29 is 92.3 Å². The topological polar surface area (TPSA) is 181 Å². The van der Waals surface area contributed by atoms with Crippen molar-refractivity contribution >= 4 is 29.6 Å². The van der Waals surface area contributed by atoms with E-state index in [0.29, 0.717) is 0 Å². The van der Waals surface area contributed by atoms with Gasteiger partial charge in [-0.05, 0) is 42.3 Å². The first-order valence-corrected chi connectivity index (χ1v) is 14.7. The molecule has 0 bridgehead atoms. The van der Waals surface area contributed by atoms with Crippen LogP contribution in [0.15, 0.2) is 73.2 Å². The van der Waals surface area contributed by atoms with E-state index in [0.717, 1.165) is 32.7 Å². The summed E-state index contributed by atoms with van der Waals surface area (Å²) in [5.74, 6) is -11.0. The van der Waals surface area contributed by atoms with Crippen LogP contribution in [0.25, 0.3) is 0 Å². The van der Waals surface area contributed by atoms with Gasteiger partial charge in [-0.25, -0.2) is 19.2 Å². The van der Waals surface area contributed by atoms with Gasteiger partial charge >= 0.3 is 48.6 Å². The van der Waals surface area contributed by atoms with Crippen LogP contribution in [0.3, 0.4) is 0 Å². The van der Waals surface area contributed by atoms with Crippen LogP contribution in [0.2, 0.25) is 0 Å². The van der Waals surface area contributed by atoms with E-state index in [9.17, 15) is 52.7 Å². The number of halogens is 12. The third-order valence-corrected chi connectivity index (χ3v) is 6.87. The number of likely N-dealkylation sites (tertiary alicyclic amines) is 1. The standard InChI is InChI=1S/C23H24N4.4C2HF3O2/c1-2-6-19(7-3-1)16-27-18-23(22-21(27)9-5-12-25-22)10-13-26(17-23)15-20-8-4-11-24-14-20;4*3-2(4,5)1(6)7/h1-9,11-12,14H,10,13,15-18H2;4*(H,6,7). The summed E-state index contributed by atoms with van der Waals surface area (Å²) in [6.45, 7) is 5.15. The fraction of sp³-hybridized carbons (Fsp3) is 0.355. The highest BCUT2D eigenvalue weighted by Crippen LogP contribution is 2.45. The number of fused-ring (bicyclic) bond motifs is 2. The first kappa shape index (κ1) is 47.3. The molecule has 4 heterocycles. The van der Waals surface area contributed by atoms with Crippen molar-refractivity contribution in [1.82, 2.24) is 14.9 Å². The Morgan fingerprint density at radius 2 is 1.04 bits per heavy atom. The lowest BCUT2D eigenvalue weighted by molar-refractivity contribution is -0.193. The minimum atomic E-state index is -5.08. The van der Waals surface area contributed by atoms with E-state index in [1.807, 2.05) is 24.7 Å². The third kappa shape index (κ3) is 16.5. The van der Waals surface area contributed by atoms with Gasteiger partial charge < -0.3 is 25.3 Å². The number of anilines is 1. The van der Waals surface area contributed by atoms with Crippen molar-refractivity contribution in [2.45, 2.75) is 49.6 Å². The summed E-state index contributed by atoms with van der Waals surface area (Å²) >= 11 is 0. The number of aliphatic carboxylic acids is 4. The molecule has 55 heavy (non-hydrogen) atoms. The Labute approximate surface area is 301 Å². The number of carboxylic acid groups (broad SMARTS) is 4. The Morgan fingerprint density at radius 1 is 0.600 bits per heavy atom.